The number of hydrogen-bond donors (Lipinski definition) is 0. The van der Waals surface area contributed by atoms with E-state index >= 15 is 0 Å². The number of aryl methyl sites for hydroxylation is 1. The van der Waals surface area contributed by atoms with Crippen molar-refractivity contribution in [3.63, 3.8) is 0 Å². The average molecular weight is 275 g/mol. The van der Waals surface area contributed by atoms with Gasteiger partial charge < -0.3 is 4.90 Å². The summed E-state index contributed by atoms with van der Waals surface area (Å²) in [6.45, 7) is 5.71. The first kappa shape index (κ1) is 14.9. The predicted molar refractivity (Wildman–Crippen MR) is 77.0 cm³/mol. The summed E-state index contributed by atoms with van der Waals surface area (Å²) in [5.41, 5.74) is 1.02. The number of unbranched alkanes of at least 4 members (excludes halogenated alkanes) is 1. The fourth-order valence-corrected chi connectivity index (χ4v) is 2.76. The Labute approximate surface area is 114 Å². The second-order valence-corrected chi connectivity index (χ2v) is 5.77. The van der Waals surface area contributed by atoms with Gasteiger partial charge in [0.25, 0.3) is 0 Å². The van der Waals surface area contributed by atoms with Gasteiger partial charge in [-0.25, -0.2) is 4.98 Å². The van der Waals surface area contributed by atoms with Crippen molar-refractivity contribution < 1.29 is 0 Å². The molecule has 0 aromatic carbocycles. The highest BCUT2D eigenvalue weighted by molar-refractivity contribution is 7.09. The molecule has 0 aliphatic rings. The van der Waals surface area contributed by atoms with Gasteiger partial charge in [-0.1, -0.05) is 6.92 Å². The van der Waals surface area contributed by atoms with Crippen molar-refractivity contribution >= 4 is 22.9 Å². The summed E-state index contributed by atoms with van der Waals surface area (Å²) in [5, 5.41) is 3.29. The van der Waals surface area contributed by atoms with Crippen LogP contribution in [0.1, 0.15) is 43.8 Å². The third kappa shape index (κ3) is 5.36. The van der Waals surface area contributed by atoms with E-state index in [1.54, 1.807) is 11.3 Å². The van der Waals surface area contributed by atoms with Crippen molar-refractivity contribution in [2.24, 2.45) is 0 Å². The van der Waals surface area contributed by atoms with Gasteiger partial charge >= 0.3 is 0 Å². The van der Waals surface area contributed by atoms with Crippen molar-refractivity contribution in [1.29, 1.82) is 0 Å². The number of aromatic nitrogens is 1. The number of alkyl halides is 1. The van der Waals surface area contributed by atoms with Crippen LogP contribution < -0.4 is 0 Å². The normalized spacial score (nSPS) is 13.2. The van der Waals surface area contributed by atoms with Crippen LogP contribution in [0, 0.1) is 0 Å². The van der Waals surface area contributed by atoms with E-state index in [-0.39, 0.29) is 0 Å². The van der Waals surface area contributed by atoms with E-state index in [4.69, 9.17) is 11.6 Å². The van der Waals surface area contributed by atoms with Crippen LogP contribution >= 0.6 is 22.9 Å². The Hall–Kier alpha value is -0.120. The second-order valence-electron chi connectivity index (χ2n) is 4.56. The number of rotatable bonds is 8. The Morgan fingerprint density at radius 1 is 1.47 bits per heavy atom. The number of hydrogen-bond acceptors (Lipinski definition) is 3. The van der Waals surface area contributed by atoms with Crippen LogP contribution in [-0.2, 0) is 12.3 Å². The van der Waals surface area contributed by atoms with Gasteiger partial charge in [-0.15, -0.1) is 22.9 Å². The highest BCUT2D eigenvalue weighted by Crippen LogP contribution is 2.14. The van der Waals surface area contributed by atoms with Crippen molar-refractivity contribution in [3.05, 3.63) is 16.1 Å². The summed E-state index contributed by atoms with van der Waals surface area (Å²) in [7, 11) is 2.21. The Bertz CT molecular complexity index is 314. The molecule has 1 aromatic rings. The van der Waals surface area contributed by atoms with Gasteiger partial charge in [-0.05, 0) is 46.2 Å². The van der Waals surface area contributed by atoms with Crippen LogP contribution in [0.4, 0.5) is 0 Å². The maximum atomic E-state index is 5.73. The van der Waals surface area contributed by atoms with Crippen molar-refractivity contribution in [2.45, 2.75) is 51.5 Å². The van der Waals surface area contributed by atoms with Gasteiger partial charge in [0.2, 0.25) is 0 Å². The molecule has 1 heterocycles. The molecule has 0 spiro atoms. The highest BCUT2D eigenvalue weighted by Gasteiger charge is 2.06. The summed E-state index contributed by atoms with van der Waals surface area (Å²) >= 11 is 7.47. The zero-order chi connectivity index (χ0) is 12.7. The van der Waals surface area contributed by atoms with Crippen LogP contribution in [0.25, 0.3) is 0 Å². The first-order chi connectivity index (χ1) is 8.17. The Kier molecular flexibility index (Phi) is 7.09. The van der Waals surface area contributed by atoms with E-state index in [9.17, 15) is 0 Å². The molecular weight excluding hydrogens is 252 g/mol. The highest BCUT2D eigenvalue weighted by atomic mass is 35.5. The van der Waals surface area contributed by atoms with Gasteiger partial charge in [-0.3, -0.25) is 0 Å². The summed E-state index contributed by atoms with van der Waals surface area (Å²) < 4.78 is 0. The molecule has 1 unspecified atom stereocenters. The lowest BCUT2D eigenvalue weighted by Crippen LogP contribution is -2.29. The zero-order valence-electron chi connectivity index (χ0n) is 11.1. The molecule has 0 saturated carbocycles. The molecule has 0 bridgehead atoms. The maximum Gasteiger partial charge on any atom is 0.0928 e. The first-order valence-electron chi connectivity index (χ1n) is 6.36. The van der Waals surface area contributed by atoms with Crippen molar-refractivity contribution in [1.82, 2.24) is 9.88 Å². The molecule has 0 radical (unpaired) electrons. The minimum absolute atomic E-state index is 0.535. The average Bonchev–Trinajstić information content (AvgIpc) is 2.81. The summed E-state index contributed by atoms with van der Waals surface area (Å²) in [6.07, 6.45) is 4.78. The molecule has 0 saturated heterocycles. The van der Waals surface area contributed by atoms with E-state index in [0.717, 1.165) is 12.1 Å². The van der Waals surface area contributed by atoms with E-state index in [2.05, 4.69) is 36.2 Å². The van der Waals surface area contributed by atoms with E-state index < -0.39 is 0 Å². The predicted octanol–water partition coefficient (Wildman–Crippen LogP) is 3.93. The molecule has 2 nitrogen and oxygen atoms in total. The lowest BCUT2D eigenvalue weighted by Gasteiger charge is -2.23. The van der Waals surface area contributed by atoms with E-state index in [1.165, 1.54) is 30.8 Å². The molecule has 1 aromatic heterocycles. The molecule has 17 heavy (non-hydrogen) atoms. The molecule has 98 valence electrons. The third-order valence-electron chi connectivity index (χ3n) is 3.23. The molecule has 0 fully saturated rings. The lowest BCUT2D eigenvalue weighted by molar-refractivity contribution is 0.247. The fraction of sp³-hybridized carbons (Fsp3) is 0.769. The standard InChI is InChI=1S/C13H23ClN2S/c1-4-11(2)16(3)8-6-5-7-13-15-12(9-14)10-17-13/h10-11H,4-9H2,1-3H3. The largest absolute Gasteiger partial charge is 0.304 e. The molecule has 0 aliphatic carbocycles. The molecule has 0 N–H and O–H groups in total. The number of halogens is 1. The van der Waals surface area contributed by atoms with Crippen LogP contribution in [0.15, 0.2) is 5.38 Å². The van der Waals surface area contributed by atoms with Gasteiger partial charge in [0.05, 0.1) is 16.6 Å². The molecule has 4 heteroatoms. The van der Waals surface area contributed by atoms with Gasteiger partial charge in [0, 0.05) is 11.4 Å². The number of thiazole rings is 1. The van der Waals surface area contributed by atoms with Gasteiger partial charge in [0.15, 0.2) is 0 Å². The smallest absolute Gasteiger partial charge is 0.0928 e. The van der Waals surface area contributed by atoms with E-state index in [1.807, 2.05) is 0 Å². The van der Waals surface area contributed by atoms with E-state index in [0.29, 0.717) is 11.9 Å². The quantitative estimate of drug-likeness (QED) is 0.527. The van der Waals surface area contributed by atoms with Crippen LogP contribution in [0.2, 0.25) is 0 Å². The Morgan fingerprint density at radius 2 is 2.24 bits per heavy atom. The minimum Gasteiger partial charge on any atom is -0.304 e. The summed E-state index contributed by atoms with van der Waals surface area (Å²) in [6, 6.07) is 0.692. The van der Waals surface area contributed by atoms with Crippen molar-refractivity contribution in [3.8, 4) is 0 Å². The first-order valence-corrected chi connectivity index (χ1v) is 7.78. The third-order valence-corrected chi connectivity index (χ3v) is 4.46. The monoisotopic (exact) mass is 274 g/mol. The summed E-state index contributed by atoms with van der Waals surface area (Å²) in [4.78, 5) is 6.91. The zero-order valence-corrected chi connectivity index (χ0v) is 12.7. The van der Waals surface area contributed by atoms with Gasteiger partial charge in [-0.2, -0.15) is 0 Å². The topological polar surface area (TPSA) is 16.1 Å². The maximum absolute atomic E-state index is 5.73. The molecule has 1 rings (SSSR count). The van der Waals surface area contributed by atoms with Crippen LogP contribution in [-0.4, -0.2) is 29.5 Å². The van der Waals surface area contributed by atoms with Crippen molar-refractivity contribution in [2.75, 3.05) is 13.6 Å². The molecular formula is C13H23ClN2S. The van der Waals surface area contributed by atoms with Gasteiger partial charge in [0.1, 0.15) is 0 Å². The van der Waals surface area contributed by atoms with Crippen LogP contribution in [0.3, 0.4) is 0 Å². The Morgan fingerprint density at radius 3 is 2.82 bits per heavy atom. The molecule has 0 aliphatic heterocycles. The fourth-order valence-electron chi connectivity index (χ4n) is 1.69. The molecule has 1 atom stereocenters. The second kappa shape index (κ2) is 8.06. The Balaban J connectivity index is 2.15. The summed E-state index contributed by atoms with van der Waals surface area (Å²) in [5.74, 6) is 0.535. The lowest BCUT2D eigenvalue weighted by atomic mass is 10.2. The SMILES string of the molecule is CCC(C)N(C)CCCCc1nc(CCl)cs1. The number of nitrogens with zero attached hydrogens (tertiary/aromatic N) is 2. The van der Waals surface area contributed by atoms with Crippen LogP contribution in [0.5, 0.6) is 0 Å². The minimum atomic E-state index is 0.535. The molecule has 0 amide bonds.